The molecule has 0 amide bonds. The molecule has 1 rings (SSSR count). The SMILES string of the molecule is COCCN1CCNCC1C(F)(F)F. The molecule has 1 saturated heterocycles. The third-order valence-corrected chi connectivity index (χ3v) is 2.31. The molecule has 0 spiro atoms. The molecule has 14 heavy (non-hydrogen) atoms. The van der Waals surface area contributed by atoms with Gasteiger partial charge in [0.15, 0.2) is 0 Å². The highest BCUT2D eigenvalue weighted by Gasteiger charge is 2.44. The van der Waals surface area contributed by atoms with Gasteiger partial charge < -0.3 is 10.1 Å². The Morgan fingerprint density at radius 2 is 2.21 bits per heavy atom. The topological polar surface area (TPSA) is 24.5 Å². The first-order chi connectivity index (χ1) is 6.55. The first-order valence-corrected chi connectivity index (χ1v) is 4.56. The van der Waals surface area contributed by atoms with Crippen molar-refractivity contribution in [2.24, 2.45) is 0 Å². The largest absolute Gasteiger partial charge is 0.405 e. The van der Waals surface area contributed by atoms with E-state index < -0.39 is 12.2 Å². The summed E-state index contributed by atoms with van der Waals surface area (Å²) < 4.78 is 42.3. The lowest BCUT2D eigenvalue weighted by Gasteiger charge is -2.36. The van der Waals surface area contributed by atoms with Crippen molar-refractivity contribution in [3.63, 3.8) is 0 Å². The molecule has 3 nitrogen and oxygen atoms in total. The number of alkyl halides is 3. The Balaban J connectivity index is 2.50. The fourth-order valence-corrected chi connectivity index (χ4v) is 1.55. The molecule has 1 heterocycles. The van der Waals surface area contributed by atoms with Gasteiger partial charge in [-0.3, -0.25) is 4.90 Å². The average molecular weight is 212 g/mol. The molecule has 0 saturated carbocycles. The number of piperazine rings is 1. The molecule has 1 unspecified atom stereocenters. The molecule has 0 aromatic heterocycles. The van der Waals surface area contributed by atoms with Gasteiger partial charge in [-0.25, -0.2) is 0 Å². The van der Waals surface area contributed by atoms with E-state index >= 15 is 0 Å². The van der Waals surface area contributed by atoms with Crippen molar-refractivity contribution in [2.75, 3.05) is 39.9 Å². The van der Waals surface area contributed by atoms with Crippen LogP contribution in [0.25, 0.3) is 0 Å². The molecule has 1 fully saturated rings. The van der Waals surface area contributed by atoms with Gasteiger partial charge in [0.1, 0.15) is 6.04 Å². The van der Waals surface area contributed by atoms with Crippen LogP contribution in [-0.4, -0.2) is 57.0 Å². The quantitative estimate of drug-likeness (QED) is 0.736. The van der Waals surface area contributed by atoms with Gasteiger partial charge in [0, 0.05) is 33.3 Å². The number of hydrogen-bond donors (Lipinski definition) is 1. The van der Waals surface area contributed by atoms with Crippen LogP contribution >= 0.6 is 0 Å². The Bertz CT molecular complexity index is 174. The Morgan fingerprint density at radius 1 is 1.50 bits per heavy atom. The molecule has 1 aliphatic rings. The third kappa shape index (κ3) is 3.11. The van der Waals surface area contributed by atoms with Gasteiger partial charge in [0.2, 0.25) is 0 Å². The van der Waals surface area contributed by atoms with Crippen molar-refractivity contribution in [3.05, 3.63) is 0 Å². The highest BCUT2D eigenvalue weighted by molar-refractivity contribution is 4.85. The number of ether oxygens (including phenoxy) is 1. The maximum absolute atomic E-state index is 12.5. The van der Waals surface area contributed by atoms with Gasteiger partial charge in [-0.15, -0.1) is 0 Å². The molecule has 1 aliphatic heterocycles. The van der Waals surface area contributed by atoms with Crippen LogP contribution in [0.5, 0.6) is 0 Å². The highest BCUT2D eigenvalue weighted by atomic mass is 19.4. The number of halogens is 3. The van der Waals surface area contributed by atoms with Gasteiger partial charge in [0.25, 0.3) is 0 Å². The predicted molar refractivity (Wildman–Crippen MR) is 46.2 cm³/mol. The summed E-state index contributed by atoms with van der Waals surface area (Å²) in [5.41, 5.74) is 0. The monoisotopic (exact) mass is 212 g/mol. The summed E-state index contributed by atoms with van der Waals surface area (Å²) in [5, 5.41) is 2.75. The number of methoxy groups -OCH3 is 1. The zero-order chi connectivity index (χ0) is 10.6. The highest BCUT2D eigenvalue weighted by Crippen LogP contribution is 2.25. The van der Waals surface area contributed by atoms with Crippen molar-refractivity contribution in [2.45, 2.75) is 12.2 Å². The second-order valence-electron chi connectivity index (χ2n) is 3.29. The van der Waals surface area contributed by atoms with E-state index in [2.05, 4.69) is 5.32 Å². The maximum Gasteiger partial charge on any atom is 0.405 e. The number of rotatable bonds is 3. The molecular weight excluding hydrogens is 197 g/mol. The molecule has 84 valence electrons. The number of nitrogens with one attached hydrogen (secondary N) is 1. The standard InChI is InChI=1S/C8H15F3N2O/c1-14-5-4-13-3-2-12-6-7(13)8(9,10)11/h7,12H,2-6H2,1H3. The van der Waals surface area contributed by atoms with Crippen molar-refractivity contribution >= 4 is 0 Å². The molecule has 0 aromatic rings. The summed E-state index contributed by atoms with van der Waals surface area (Å²) in [4.78, 5) is 1.42. The summed E-state index contributed by atoms with van der Waals surface area (Å²) in [7, 11) is 1.49. The minimum Gasteiger partial charge on any atom is -0.383 e. The van der Waals surface area contributed by atoms with Gasteiger partial charge in [-0.2, -0.15) is 13.2 Å². The lowest BCUT2D eigenvalue weighted by Crippen LogP contribution is -2.58. The zero-order valence-corrected chi connectivity index (χ0v) is 8.10. The Labute approximate surface area is 81.2 Å². The molecule has 6 heteroatoms. The van der Waals surface area contributed by atoms with Crippen LogP contribution in [0.3, 0.4) is 0 Å². The molecule has 1 N–H and O–H groups in total. The second-order valence-corrected chi connectivity index (χ2v) is 3.29. The first-order valence-electron chi connectivity index (χ1n) is 4.56. The lowest BCUT2D eigenvalue weighted by atomic mass is 10.2. The molecule has 0 radical (unpaired) electrons. The maximum atomic E-state index is 12.5. The summed E-state index contributed by atoms with van der Waals surface area (Å²) in [6.45, 7) is 1.69. The van der Waals surface area contributed by atoms with E-state index in [1.165, 1.54) is 12.0 Å². The van der Waals surface area contributed by atoms with Crippen LogP contribution in [0.4, 0.5) is 13.2 Å². The zero-order valence-electron chi connectivity index (χ0n) is 8.10. The predicted octanol–water partition coefficient (Wildman–Crippen LogP) is 0.469. The lowest BCUT2D eigenvalue weighted by molar-refractivity contribution is -0.188. The van der Waals surface area contributed by atoms with Crippen LogP contribution in [0.15, 0.2) is 0 Å². The summed E-state index contributed by atoms with van der Waals surface area (Å²) in [6.07, 6.45) is -4.15. The molecule has 0 aromatic carbocycles. The molecule has 1 atom stereocenters. The van der Waals surface area contributed by atoms with Crippen LogP contribution in [0.1, 0.15) is 0 Å². The molecule has 0 bridgehead atoms. The van der Waals surface area contributed by atoms with Crippen LogP contribution < -0.4 is 5.32 Å². The first kappa shape index (κ1) is 11.7. The van der Waals surface area contributed by atoms with E-state index in [0.29, 0.717) is 26.2 Å². The Kier molecular flexibility index (Phi) is 4.15. The summed E-state index contributed by atoms with van der Waals surface area (Å²) in [6, 6.07) is -1.37. The minimum atomic E-state index is -4.15. The van der Waals surface area contributed by atoms with E-state index in [1.807, 2.05) is 0 Å². The van der Waals surface area contributed by atoms with E-state index in [4.69, 9.17) is 4.74 Å². The number of nitrogens with zero attached hydrogens (tertiary/aromatic N) is 1. The summed E-state index contributed by atoms with van der Waals surface area (Å²) in [5.74, 6) is 0. The average Bonchev–Trinajstić information content (AvgIpc) is 2.14. The van der Waals surface area contributed by atoms with E-state index in [-0.39, 0.29) is 6.54 Å². The van der Waals surface area contributed by atoms with Crippen molar-refractivity contribution in [3.8, 4) is 0 Å². The van der Waals surface area contributed by atoms with Crippen molar-refractivity contribution < 1.29 is 17.9 Å². The van der Waals surface area contributed by atoms with Crippen molar-refractivity contribution in [1.82, 2.24) is 10.2 Å². The Morgan fingerprint density at radius 3 is 2.79 bits per heavy atom. The molecular formula is C8H15F3N2O. The normalized spacial score (nSPS) is 25.3. The fourth-order valence-electron chi connectivity index (χ4n) is 1.55. The van der Waals surface area contributed by atoms with Crippen LogP contribution in [-0.2, 0) is 4.74 Å². The van der Waals surface area contributed by atoms with E-state index in [1.54, 1.807) is 0 Å². The van der Waals surface area contributed by atoms with Gasteiger partial charge in [-0.05, 0) is 0 Å². The Hall–Kier alpha value is -0.330. The van der Waals surface area contributed by atoms with Crippen LogP contribution in [0.2, 0.25) is 0 Å². The smallest absolute Gasteiger partial charge is 0.383 e. The fraction of sp³-hybridized carbons (Fsp3) is 1.00. The van der Waals surface area contributed by atoms with Crippen molar-refractivity contribution in [1.29, 1.82) is 0 Å². The van der Waals surface area contributed by atoms with Crippen LogP contribution in [0, 0.1) is 0 Å². The van der Waals surface area contributed by atoms with Gasteiger partial charge in [0.05, 0.1) is 6.61 Å². The van der Waals surface area contributed by atoms with Gasteiger partial charge >= 0.3 is 6.18 Å². The third-order valence-electron chi connectivity index (χ3n) is 2.31. The van der Waals surface area contributed by atoms with E-state index in [9.17, 15) is 13.2 Å². The minimum absolute atomic E-state index is 0.0206. The number of hydrogen-bond acceptors (Lipinski definition) is 3. The van der Waals surface area contributed by atoms with E-state index in [0.717, 1.165) is 0 Å². The molecule has 0 aliphatic carbocycles. The second kappa shape index (κ2) is 4.95. The van der Waals surface area contributed by atoms with Gasteiger partial charge in [-0.1, -0.05) is 0 Å². The summed E-state index contributed by atoms with van der Waals surface area (Å²) >= 11 is 0.